The number of hydrogen-bond acceptors (Lipinski definition) is 4. The molecule has 3 aromatic rings. The van der Waals surface area contributed by atoms with Gasteiger partial charge in [-0.1, -0.05) is 88.3 Å². The van der Waals surface area contributed by atoms with Crippen LogP contribution in [-0.2, 0) is 11.3 Å². The van der Waals surface area contributed by atoms with E-state index in [0.717, 1.165) is 11.1 Å². The highest BCUT2D eigenvalue weighted by Crippen LogP contribution is 2.34. The Bertz CT molecular complexity index is 1140. The van der Waals surface area contributed by atoms with Crippen LogP contribution in [0.1, 0.15) is 28.9 Å². The lowest BCUT2D eigenvalue weighted by molar-refractivity contribution is 0.00519. The SMILES string of the molecule is OC(CN1C=CN(C(Cl)C(OCc2c(Cl)cccc2Cl)c2ccc(Cl)cc2)C1)c1ccc(Cl)cc1. The molecule has 0 saturated heterocycles. The zero-order valence-electron chi connectivity index (χ0n) is 18.5. The Morgan fingerprint density at radius 3 is 1.97 bits per heavy atom. The maximum atomic E-state index is 10.6. The molecule has 0 spiro atoms. The van der Waals surface area contributed by atoms with Gasteiger partial charge in [0.15, 0.2) is 0 Å². The van der Waals surface area contributed by atoms with Crippen molar-refractivity contribution < 1.29 is 9.84 Å². The van der Waals surface area contributed by atoms with E-state index in [4.69, 9.17) is 62.7 Å². The van der Waals surface area contributed by atoms with E-state index in [0.29, 0.717) is 38.9 Å². The Hall–Kier alpha value is -1.63. The smallest absolute Gasteiger partial charge is 0.135 e. The van der Waals surface area contributed by atoms with Crippen molar-refractivity contribution in [1.82, 2.24) is 9.80 Å². The maximum absolute atomic E-state index is 10.6. The average Bonchev–Trinajstić information content (AvgIpc) is 3.30. The minimum absolute atomic E-state index is 0.186. The first-order valence-corrected chi connectivity index (χ1v) is 12.8. The van der Waals surface area contributed by atoms with E-state index in [1.807, 2.05) is 46.5 Å². The van der Waals surface area contributed by atoms with Crippen LogP contribution in [0.4, 0.5) is 0 Å². The molecule has 1 aliphatic rings. The van der Waals surface area contributed by atoms with Crippen LogP contribution in [0.3, 0.4) is 0 Å². The number of β-amino-alcohol motifs (C(OH)–C–C–N with tert-alkyl or cyclic N) is 1. The molecule has 0 aliphatic carbocycles. The average molecular weight is 573 g/mol. The van der Waals surface area contributed by atoms with Gasteiger partial charge in [0.25, 0.3) is 0 Å². The first-order valence-electron chi connectivity index (χ1n) is 10.9. The molecule has 3 aromatic carbocycles. The van der Waals surface area contributed by atoms with Crippen molar-refractivity contribution in [3.05, 3.63) is 116 Å². The van der Waals surface area contributed by atoms with Gasteiger partial charge in [-0.2, -0.15) is 0 Å². The molecule has 0 fully saturated rings. The van der Waals surface area contributed by atoms with Crippen LogP contribution < -0.4 is 0 Å². The van der Waals surface area contributed by atoms with Gasteiger partial charge < -0.3 is 19.6 Å². The molecule has 0 saturated carbocycles. The summed E-state index contributed by atoms with van der Waals surface area (Å²) in [5, 5.41) is 12.9. The summed E-state index contributed by atoms with van der Waals surface area (Å²) in [6, 6.07) is 19.9. The summed E-state index contributed by atoms with van der Waals surface area (Å²) in [6.45, 7) is 1.07. The van der Waals surface area contributed by atoms with Gasteiger partial charge in [0, 0.05) is 44.6 Å². The molecule has 0 bridgehead atoms. The Labute approximate surface area is 230 Å². The lowest BCUT2D eigenvalue weighted by atomic mass is 10.1. The molecular weight excluding hydrogens is 550 g/mol. The van der Waals surface area contributed by atoms with Crippen molar-refractivity contribution in [2.24, 2.45) is 0 Å². The molecule has 4 rings (SSSR count). The summed E-state index contributed by atoms with van der Waals surface area (Å²) in [4.78, 5) is 3.93. The molecule has 3 atom stereocenters. The van der Waals surface area contributed by atoms with E-state index in [9.17, 15) is 5.11 Å². The fraction of sp³-hybridized carbons (Fsp3) is 0.231. The van der Waals surface area contributed by atoms with Gasteiger partial charge in [-0.3, -0.25) is 0 Å². The van der Waals surface area contributed by atoms with E-state index in [2.05, 4.69) is 0 Å². The first-order chi connectivity index (χ1) is 16.8. The van der Waals surface area contributed by atoms with E-state index in [1.54, 1.807) is 42.5 Å². The summed E-state index contributed by atoms with van der Waals surface area (Å²) in [5.41, 5.74) is 1.81. The van der Waals surface area contributed by atoms with Crippen molar-refractivity contribution in [2.45, 2.75) is 24.3 Å². The number of aliphatic hydroxyl groups is 1. The van der Waals surface area contributed by atoms with Gasteiger partial charge in [-0.05, 0) is 47.5 Å². The van der Waals surface area contributed by atoms with E-state index < -0.39 is 17.7 Å². The quantitative estimate of drug-likeness (QED) is 0.209. The third-order valence-corrected chi connectivity index (χ3v) is 7.40. The summed E-state index contributed by atoms with van der Waals surface area (Å²) < 4.78 is 6.29. The Kier molecular flexibility index (Phi) is 9.12. The van der Waals surface area contributed by atoms with Crippen LogP contribution in [0.25, 0.3) is 0 Å². The molecule has 0 amide bonds. The number of halogens is 5. The van der Waals surface area contributed by atoms with Crippen LogP contribution in [0.15, 0.2) is 79.1 Å². The number of nitrogens with zero attached hydrogens (tertiary/aromatic N) is 2. The predicted molar refractivity (Wildman–Crippen MR) is 144 cm³/mol. The standard InChI is InChI=1S/C26H23Cl5N2O2/c27-19-8-4-17(5-9-19)24(34)14-32-12-13-33(16-32)26(31)25(18-6-10-20(28)11-7-18)35-15-21-22(29)2-1-3-23(21)30/h1-13,24-26,34H,14-16H2. The van der Waals surface area contributed by atoms with Gasteiger partial charge in [0.2, 0.25) is 0 Å². The third kappa shape index (κ3) is 6.78. The molecule has 9 heteroatoms. The van der Waals surface area contributed by atoms with Gasteiger partial charge in [-0.25, -0.2) is 0 Å². The summed E-state index contributed by atoms with van der Waals surface area (Å²) in [6.07, 6.45) is 2.61. The minimum atomic E-state index is -0.670. The molecule has 0 aromatic heterocycles. The number of rotatable bonds is 9. The normalized spacial score (nSPS) is 15.9. The van der Waals surface area contributed by atoms with Crippen molar-refractivity contribution in [1.29, 1.82) is 0 Å². The highest BCUT2D eigenvalue weighted by atomic mass is 35.5. The van der Waals surface area contributed by atoms with Crippen LogP contribution in [0, 0.1) is 0 Å². The van der Waals surface area contributed by atoms with Gasteiger partial charge in [-0.15, -0.1) is 0 Å². The Morgan fingerprint density at radius 1 is 0.800 bits per heavy atom. The molecule has 4 nitrogen and oxygen atoms in total. The first kappa shape index (κ1) is 26.4. The highest BCUT2D eigenvalue weighted by molar-refractivity contribution is 6.36. The number of aliphatic hydroxyl groups excluding tert-OH is 1. The molecule has 35 heavy (non-hydrogen) atoms. The Balaban J connectivity index is 1.46. The zero-order chi connectivity index (χ0) is 24.9. The van der Waals surface area contributed by atoms with Crippen molar-refractivity contribution in [3.63, 3.8) is 0 Å². The summed E-state index contributed by atoms with van der Waals surface area (Å²) in [5.74, 6) is 0. The molecule has 184 valence electrons. The third-order valence-electron chi connectivity index (χ3n) is 5.71. The summed E-state index contributed by atoms with van der Waals surface area (Å²) in [7, 11) is 0. The Morgan fingerprint density at radius 2 is 1.37 bits per heavy atom. The number of ether oxygens (including phenoxy) is 1. The fourth-order valence-electron chi connectivity index (χ4n) is 3.78. The second-order valence-electron chi connectivity index (χ2n) is 8.15. The second kappa shape index (κ2) is 12.1. The lowest BCUT2D eigenvalue weighted by Gasteiger charge is -2.32. The predicted octanol–water partition coefficient (Wildman–Crippen LogP) is 7.90. The molecule has 1 aliphatic heterocycles. The maximum Gasteiger partial charge on any atom is 0.135 e. The second-order valence-corrected chi connectivity index (χ2v) is 10.3. The van der Waals surface area contributed by atoms with E-state index >= 15 is 0 Å². The molecule has 1 heterocycles. The van der Waals surface area contributed by atoms with Crippen LogP contribution in [0.2, 0.25) is 20.1 Å². The van der Waals surface area contributed by atoms with Crippen molar-refractivity contribution in [2.75, 3.05) is 13.2 Å². The van der Waals surface area contributed by atoms with E-state index in [1.165, 1.54) is 0 Å². The van der Waals surface area contributed by atoms with Crippen molar-refractivity contribution in [3.8, 4) is 0 Å². The topological polar surface area (TPSA) is 35.9 Å². The van der Waals surface area contributed by atoms with Crippen LogP contribution in [0.5, 0.6) is 0 Å². The van der Waals surface area contributed by atoms with E-state index in [-0.39, 0.29) is 6.61 Å². The zero-order valence-corrected chi connectivity index (χ0v) is 22.3. The number of alkyl halides is 1. The number of hydrogen-bond donors (Lipinski definition) is 1. The van der Waals surface area contributed by atoms with Crippen LogP contribution in [-0.4, -0.2) is 33.6 Å². The molecule has 0 radical (unpaired) electrons. The fourth-order valence-corrected chi connectivity index (χ4v) is 4.88. The highest BCUT2D eigenvalue weighted by Gasteiger charge is 2.30. The van der Waals surface area contributed by atoms with Gasteiger partial charge >= 0.3 is 0 Å². The number of benzene rings is 3. The minimum Gasteiger partial charge on any atom is -0.387 e. The molecular formula is C26H23Cl5N2O2. The largest absolute Gasteiger partial charge is 0.387 e. The molecule has 1 N–H and O–H groups in total. The molecule has 3 unspecified atom stereocenters. The van der Waals surface area contributed by atoms with Gasteiger partial charge in [0.05, 0.1) is 19.4 Å². The lowest BCUT2D eigenvalue weighted by Crippen LogP contribution is -2.36. The summed E-state index contributed by atoms with van der Waals surface area (Å²) >= 11 is 31.7. The van der Waals surface area contributed by atoms with Crippen molar-refractivity contribution >= 4 is 58.0 Å². The van der Waals surface area contributed by atoms with Gasteiger partial charge in [0.1, 0.15) is 11.6 Å². The van der Waals surface area contributed by atoms with Crippen LogP contribution >= 0.6 is 58.0 Å². The monoisotopic (exact) mass is 570 g/mol.